The Bertz CT molecular complexity index is 170. The molecule has 0 heterocycles. The van der Waals surface area contributed by atoms with Crippen LogP contribution in [0.3, 0.4) is 0 Å². The number of hydrogen-bond acceptors (Lipinski definition) is 3. The minimum atomic E-state index is -1.14. The van der Waals surface area contributed by atoms with E-state index in [0.717, 1.165) is 4.90 Å². The van der Waals surface area contributed by atoms with E-state index in [2.05, 4.69) is 0 Å². The van der Waals surface area contributed by atoms with Crippen LogP contribution in [0.5, 0.6) is 0 Å². The number of aldehydes is 2. The third kappa shape index (κ3) is 3.14. The topological polar surface area (TPSA) is 74.7 Å². The van der Waals surface area contributed by atoms with Gasteiger partial charge in [0.15, 0.2) is 0 Å². The van der Waals surface area contributed by atoms with Crippen LogP contribution in [0.2, 0.25) is 0 Å². The van der Waals surface area contributed by atoms with Gasteiger partial charge in [0, 0.05) is 25.9 Å². The zero-order chi connectivity index (χ0) is 9.56. The largest absolute Gasteiger partial charge is 0.465 e. The first-order chi connectivity index (χ1) is 5.63. The van der Waals surface area contributed by atoms with Crippen LogP contribution in [0.4, 0.5) is 4.79 Å². The summed E-state index contributed by atoms with van der Waals surface area (Å²) >= 11 is 0. The second kappa shape index (κ2) is 5.29. The Kier molecular flexibility index (Phi) is 4.67. The van der Waals surface area contributed by atoms with E-state index in [1.165, 1.54) is 7.05 Å². The summed E-state index contributed by atoms with van der Waals surface area (Å²) in [5.41, 5.74) is 0. The summed E-state index contributed by atoms with van der Waals surface area (Å²) in [7, 11) is 1.33. The molecule has 0 aliphatic rings. The van der Waals surface area contributed by atoms with Gasteiger partial charge in [-0.2, -0.15) is 0 Å². The Morgan fingerprint density at radius 3 is 2.08 bits per heavy atom. The van der Waals surface area contributed by atoms with Gasteiger partial charge in [0.05, 0.1) is 0 Å². The monoisotopic (exact) mass is 173 g/mol. The normalized spacial score (nSPS) is 9.50. The van der Waals surface area contributed by atoms with Gasteiger partial charge in [-0.15, -0.1) is 0 Å². The number of hydrogen-bond donors (Lipinski definition) is 1. The van der Waals surface area contributed by atoms with Crippen LogP contribution in [0.1, 0.15) is 12.8 Å². The van der Waals surface area contributed by atoms with Crippen molar-refractivity contribution in [2.45, 2.75) is 18.9 Å². The van der Waals surface area contributed by atoms with Gasteiger partial charge in [0.1, 0.15) is 12.6 Å². The van der Waals surface area contributed by atoms with Crippen molar-refractivity contribution in [1.29, 1.82) is 0 Å². The highest BCUT2D eigenvalue weighted by Gasteiger charge is 2.17. The molecule has 5 nitrogen and oxygen atoms in total. The second-order valence-electron chi connectivity index (χ2n) is 2.35. The van der Waals surface area contributed by atoms with Crippen LogP contribution in [0.25, 0.3) is 0 Å². The number of carboxylic acid groups (broad SMARTS) is 1. The molecule has 0 aromatic rings. The number of nitrogens with zero attached hydrogens (tertiary/aromatic N) is 1. The van der Waals surface area contributed by atoms with Crippen LogP contribution < -0.4 is 0 Å². The lowest BCUT2D eigenvalue weighted by Gasteiger charge is -2.21. The maximum Gasteiger partial charge on any atom is 0.407 e. The van der Waals surface area contributed by atoms with Gasteiger partial charge >= 0.3 is 6.09 Å². The molecular weight excluding hydrogens is 162 g/mol. The molecule has 1 amide bonds. The molecule has 0 aliphatic heterocycles. The maximum atomic E-state index is 10.4. The average Bonchev–Trinajstić information content (AvgIpc) is 2.03. The van der Waals surface area contributed by atoms with E-state index in [4.69, 9.17) is 5.11 Å². The molecule has 1 N–H and O–H groups in total. The van der Waals surface area contributed by atoms with Gasteiger partial charge in [-0.1, -0.05) is 0 Å². The molecule has 0 aromatic heterocycles. The van der Waals surface area contributed by atoms with Crippen LogP contribution >= 0.6 is 0 Å². The predicted molar refractivity (Wildman–Crippen MR) is 40.9 cm³/mol. The van der Waals surface area contributed by atoms with Crippen molar-refractivity contribution in [2.24, 2.45) is 0 Å². The van der Waals surface area contributed by atoms with E-state index in [-0.39, 0.29) is 12.8 Å². The molecule has 12 heavy (non-hydrogen) atoms. The summed E-state index contributed by atoms with van der Waals surface area (Å²) in [5.74, 6) is 0. The summed E-state index contributed by atoms with van der Waals surface area (Å²) in [4.78, 5) is 31.5. The van der Waals surface area contributed by atoms with E-state index in [9.17, 15) is 14.4 Å². The van der Waals surface area contributed by atoms with E-state index in [0.29, 0.717) is 12.6 Å². The molecule has 0 aromatic carbocycles. The van der Waals surface area contributed by atoms with Crippen molar-refractivity contribution >= 4 is 18.7 Å². The molecule has 0 unspecified atom stereocenters. The highest BCUT2D eigenvalue weighted by atomic mass is 16.4. The first kappa shape index (κ1) is 10.6. The second-order valence-corrected chi connectivity index (χ2v) is 2.35. The third-order valence-electron chi connectivity index (χ3n) is 1.59. The molecule has 68 valence electrons. The number of rotatable bonds is 5. The molecular formula is C7H11NO4. The number of carbonyl (C=O) groups excluding carboxylic acids is 2. The zero-order valence-corrected chi connectivity index (χ0v) is 6.77. The summed E-state index contributed by atoms with van der Waals surface area (Å²) in [6.07, 6.45) is 0.188. The molecule has 0 spiro atoms. The molecule has 0 atom stereocenters. The fraction of sp³-hybridized carbons (Fsp3) is 0.571. The van der Waals surface area contributed by atoms with Crippen molar-refractivity contribution < 1.29 is 19.5 Å². The number of amides is 1. The summed E-state index contributed by atoms with van der Waals surface area (Å²) in [5, 5.41) is 8.50. The molecule has 0 aliphatic carbocycles. The quantitative estimate of drug-likeness (QED) is 0.600. The Morgan fingerprint density at radius 2 is 1.83 bits per heavy atom. The Labute approximate surface area is 70.0 Å². The Hall–Kier alpha value is -1.39. The smallest absolute Gasteiger partial charge is 0.407 e. The first-order valence-electron chi connectivity index (χ1n) is 3.46. The highest BCUT2D eigenvalue weighted by Crippen LogP contribution is 2.03. The molecule has 0 saturated heterocycles. The fourth-order valence-electron chi connectivity index (χ4n) is 0.791. The first-order valence-corrected chi connectivity index (χ1v) is 3.46. The van der Waals surface area contributed by atoms with Crippen molar-refractivity contribution in [3.63, 3.8) is 0 Å². The zero-order valence-electron chi connectivity index (χ0n) is 6.77. The van der Waals surface area contributed by atoms with Crippen LogP contribution in [-0.2, 0) is 9.59 Å². The SMILES string of the molecule is CN(C(=O)O)C(CC=O)CC=O. The van der Waals surface area contributed by atoms with E-state index in [1.807, 2.05) is 0 Å². The van der Waals surface area contributed by atoms with Crippen LogP contribution in [-0.4, -0.2) is 41.8 Å². The lowest BCUT2D eigenvalue weighted by atomic mass is 10.1. The molecule has 0 bridgehead atoms. The lowest BCUT2D eigenvalue weighted by molar-refractivity contribution is -0.110. The molecule has 0 saturated carbocycles. The van der Waals surface area contributed by atoms with Gasteiger partial charge in [0.25, 0.3) is 0 Å². The van der Waals surface area contributed by atoms with Crippen LogP contribution in [0.15, 0.2) is 0 Å². The summed E-state index contributed by atoms with van der Waals surface area (Å²) in [6, 6.07) is -0.530. The average molecular weight is 173 g/mol. The van der Waals surface area contributed by atoms with Crippen molar-refractivity contribution in [3.8, 4) is 0 Å². The van der Waals surface area contributed by atoms with Gasteiger partial charge < -0.3 is 19.6 Å². The fourth-order valence-corrected chi connectivity index (χ4v) is 0.791. The minimum absolute atomic E-state index is 0.0571. The maximum absolute atomic E-state index is 10.4. The predicted octanol–water partition coefficient (Wildman–Crippen LogP) is 0.143. The van der Waals surface area contributed by atoms with E-state index in [1.54, 1.807) is 0 Å². The third-order valence-corrected chi connectivity index (χ3v) is 1.59. The Balaban J connectivity index is 4.16. The summed E-state index contributed by atoms with van der Waals surface area (Å²) < 4.78 is 0. The lowest BCUT2D eigenvalue weighted by Crippen LogP contribution is -2.36. The van der Waals surface area contributed by atoms with E-state index >= 15 is 0 Å². The van der Waals surface area contributed by atoms with Crippen molar-refractivity contribution in [2.75, 3.05) is 7.05 Å². The van der Waals surface area contributed by atoms with Gasteiger partial charge in [-0.3, -0.25) is 0 Å². The molecule has 5 heteroatoms. The summed E-state index contributed by atoms with van der Waals surface area (Å²) in [6.45, 7) is 0. The number of carbonyl (C=O) groups is 3. The molecule has 0 fully saturated rings. The highest BCUT2D eigenvalue weighted by molar-refractivity contribution is 5.67. The molecule has 0 rings (SSSR count). The Morgan fingerprint density at radius 1 is 1.42 bits per heavy atom. The minimum Gasteiger partial charge on any atom is -0.465 e. The van der Waals surface area contributed by atoms with Crippen LogP contribution in [0, 0.1) is 0 Å². The molecule has 0 radical (unpaired) electrons. The van der Waals surface area contributed by atoms with Gasteiger partial charge in [-0.25, -0.2) is 4.79 Å². The van der Waals surface area contributed by atoms with Gasteiger partial charge in [-0.05, 0) is 0 Å². The van der Waals surface area contributed by atoms with Crippen molar-refractivity contribution in [3.05, 3.63) is 0 Å². The van der Waals surface area contributed by atoms with E-state index < -0.39 is 12.1 Å². The van der Waals surface area contributed by atoms with Gasteiger partial charge in [0.2, 0.25) is 0 Å². The standard InChI is InChI=1S/C7H11NO4/c1-8(7(11)12)6(2-4-9)3-5-10/h4-6H,2-3H2,1H3,(H,11,12). The van der Waals surface area contributed by atoms with Crippen molar-refractivity contribution in [1.82, 2.24) is 4.90 Å².